The van der Waals surface area contributed by atoms with Crippen molar-refractivity contribution in [1.82, 2.24) is 9.55 Å². The zero-order valence-corrected chi connectivity index (χ0v) is 13.1. The fourth-order valence-electron chi connectivity index (χ4n) is 2.15. The molecule has 2 aromatic rings. The molecule has 5 nitrogen and oxygen atoms in total. The average Bonchev–Trinajstić information content (AvgIpc) is 2.83. The van der Waals surface area contributed by atoms with Gasteiger partial charge in [0.1, 0.15) is 5.82 Å². The topological polar surface area (TPSA) is 64.3 Å². The van der Waals surface area contributed by atoms with Crippen LogP contribution in [-0.2, 0) is 17.2 Å². The van der Waals surface area contributed by atoms with Gasteiger partial charge in [-0.1, -0.05) is 0 Å². The second kappa shape index (κ2) is 7.11. The number of benzene rings is 1. The van der Waals surface area contributed by atoms with E-state index in [0.29, 0.717) is 24.4 Å². The van der Waals surface area contributed by atoms with Gasteiger partial charge in [-0.3, -0.25) is 0 Å². The first-order chi connectivity index (χ1) is 10.1. The number of aliphatic hydroxyl groups is 1. The lowest BCUT2D eigenvalue weighted by Crippen LogP contribution is -2.14. The molecular weight excluding hydrogens is 315 g/mol. The summed E-state index contributed by atoms with van der Waals surface area (Å²) in [5.41, 5.74) is 1.96. The molecule has 114 valence electrons. The van der Waals surface area contributed by atoms with E-state index in [1.807, 2.05) is 4.57 Å². The molecule has 1 aromatic carbocycles. The second-order valence-electron chi connectivity index (χ2n) is 4.58. The number of halogens is 2. The number of aromatic nitrogens is 2. The highest BCUT2D eigenvalue weighted by molar-refractivity contribution is 6.20. The van der Waals surface area contributed by atoms with Crippen LogP contribution in [0.2, 0.25) is 0 Å². The Labute approximate surface area is 132 Å². The number of alkyl halides is 2. The van der Waals surface area contributed by atoms with E-state index in [9.17, 15) is 4.79 Å². The Bertz CT molecular complexity index is 642. The van der Waals surface area contributed by atoms with E-state index in [4.69, 9.17) is 33.0 Å². The molecule has 21 heavy (non-hydrogen) atoms. The number of rotatable bonds is 6. The highest BCUT2D eigenvalue weighted by Gasteiger charge is 2.16. The minimum atomic E-state index is -0.408. The van der Waals surface area contributed by atoms with Crippen LogP contribution in [-0.4, -0.2) is 39.7 Å². The molecule has 0 fully saturated rings. The molecule has 7 heteroatoms. The van der Waals surface area contributed by atoms with Crippen molar-refractivity contribution in [3.63, 3.8) is 0 Å². The number of ether oxygens (including phenoxy) is 1. The second-order valence-corrected chi connectivity index (χ2v) is 5.46. The zero-order chi connectivity index (χ0) is 15.4. The highest BCUT2D eigenvalue weighted by Crippen LogP contribution is 2.21. The number of fused-ring (bicyclic) bond motifs is 1. The molecule has 0 spiro atoms. The van der Waals surface area contributed by atoms with Gasteiger partial charge in [-0.25, -0.2) is 9.78 Å². The summed E-state index contributed by atoms with van der Waals surface area (Å²) in [6.07, 6.45) is 0.472. The van der Waals surface area contributed by atoms with Crippen LogP contribution in [0, 0.1) is 0 Å². The van der Waals surface area contributed by atoms with Crippen LogP contribution in [0.25, 0.3) is 11.0 Å². The van der Waals surface area contributed by atoms with Crippen LogP contribution in [0.15, 0.2) is 18.2 Å². The summed E-state index contributed by atoms with van der Waals surface area (Å²) < 4.78 is 6.60. The monoisotopic (exact) mass is 330 g/mol. The van der Waals surface area contributed by atoms with Crippen molar-refractivity contribution in [2.24, 2.45) is 0 Å². The number of hydrogen-bond donors (Lipinski definition) is 1. The summed E-state index contributed by atoms with van der Waals surface area (Å²) in [7, 11) is 1.34. The first kappa shape index (κ1) is 16.1. The Kier molecular flexibility index (Phi) is 5.45. The van der Waals surface area contributed by atoms with Gasteiger partial charge in [0.2, 0.25) is 0 Å². The van der Waals surface area contributed by atoms with Gasteiger partial charge < -0.3 is 14.4 Å². The number of aliphatic hydroxyl groups excluding tert-OH is 1. The first-order valence-electron chi connectivity index (χ1n) is 6.49. The lowest BCUT2D eigenvalue weighted by atomic mass is 10.2. The van der Waals surface area contributed by atoms with Crippen molar-refractivity contribution in [2.75, 3.05) is 13.7 Å². The number of esters is 1. The maximum absolute atomic E-state index is 11.6. The van der Waals surface area contributed by atoms with Crippen molar-refractivity contribution in [3.8, 4) is 0 Å². The van der Waals surface area contributed by atoms with Crippen molar-refractivity contribution in [1.29, 1.82) is 0 Å². The number of carbonyl (C=O) groups excluding carboxylic acids is 1. The van der Waals surface area contributed by atoms with Crippen molar-refractivity contribution in [2.45, 2.75) is 24.2 Å². The minimum Gasteiger partial charge on any atom is -0.465 e. The van der Waals surface area contributed by atoms with E-state index < -0.39 is 5.97 Å². The molecule has 0 aliphatic heterocycles. The maximum Gasteiger partial charge on any atom is 0.337 e. The molecule has 1 atom stereocenters. The third kappa shape index (κ3) is 3.48. The van der Waals surface area contributed by atoms with Crippen molar-refractivity contribution < 1.29 is 14.6 Å². The standard InChI is InChI=1S/C14H16Cl2N2O3/c1-21-14(20)9-2-3-11-12(6-9)18(13(7-15)17-11)8-10(16)4-5-19/h2-3,6,10,19H,4-5,7-8H2,1H3. The normalized spacial score (nSPS) is 12.6. The number of methoxy groups -OCH3 is 1. The molecule has 0 saturated carbocycles. The van der Waals surface area contributed by atoms with Crippen LogP contribution in [0.3, 0.4) is 0 Å². The summed E-state index contributed by atoms with van der Waals surface area (Å²) in [4.78, 5) is 16.1. The van der Waals surface area contributed by atoms with Gasteiger partial charge >= 0.3 is 5.97 Å². The first-order valence-corrected chi connectivity index (χ1v) is 7.46. The molecule has 0 aliphatic rings. The SMILES string of the molecule is COC(=O)c1ccc2nc(CCl)n(CC(Cl)CCO)c2c1. The molecule has 1 N–H and O–H groups in total. The van der Waals surface area contributed by atoms with E-state index in [1.54, 1.807) is 18.2 Å². The molecule has 0 aliphatic carbocycles. The van der Waals surface area contributed by atoms with Gasteiger partial charge in [0.05, 0.1) is 35.0 Å². The fourth-order valence-corrected chi connectivity index (χ4v) is 2.59. The Morgan fingerprint density at radius 1 is 1.52 bits per heavy atom. The van der Waals surface area contributed by atoms with Gasteiger partial charge in [0.25, 0.3) is 0 Å². The molecule has 1 unspecified atom stereocenters. The largest absolute Gasteiger partial charge is 0.465 e. The Hall–Kier alpha value is -1.30. The van der Waals surface area contributed by atoms with Crippen LogP contribution in [0.4, 0.5) is 0 Å². The van der Waals surface area contributed by atoms with E-state index in [2.05, 4.69) is 4.98 Å². The quantitative estimate of drug-likeness (QED) is 0.653. The van der Waals surface area contributed by atoms with Crippen LogP contribution in [0.1, 0.15) is 22.6 Å². The molecule has 1 heterocycles. The predicted octanol–water partition coefficient (Wildman–Crippen LogP) is 2.55. The summed E-state index contributed by atoms with van der Waals surface area (Å²) >= 11 is 12.1. The van der Waals surface area contributed by atoms with Crippen LogP contribution < -0.4 is 0 Å². The lowest BCUT2D eigenvalue weighted by Gasteiger charge is -2.12. The molecular formula is C14H16Cl2N2O3. The van der Waals surface area contributed by atoms with Gasteiger partial charge in [-0.2, -0.15) is 0 Å². The van der Waals surface area contributed by atoms with Crippen molar-refractivity contribution in [3.05, 3.63) is 29.6 Å². The minimum absolute atomic E-state index is 0.0183. The summed E-state index contributed by atoms with van der Waals surface area (Å²) in [5, 5.41) is 8.72. The van der Waals surface area contributed by atoms with Crippen LogP contribution in [0.5, 0.6) is 0 Å². The number of carbonyl (C=O) groups is 1. The summed E-state index contributed by atoms with van der Waals surface area (Å²) in [5.74, 6) is 0.512. The molecule has 1 aromatic heterocycles. The maximum atomic E-state index is 11.6. The van der Waals surface area contributed by atoms with Gasteiger partial charge in [-0.15, -0.1) is 23.2 Å². The Balaban J connectivity index is 2.46. The number of hydrogen-bond acceptors (Lipinski definition) is 4. The Morgan fingerprint density at radius 3 is 2.90 bits per heavy atom. The van der Waals surface area contributed by atoms with Crippen LogP contribution >= 0.6 is 23.2 Å². The number of nitrogens with zero attached hydrogens (tertiary/aromatic N) is 2. The molecule has 0 saturated heterocycles. The third-order valence-electron chi connectivity index (χ3n) is 3.19. The van der Waals surface area contributed by atoms with Crippen molar-refractivity contribution >= 4 is 40.2 Å². The fraction of sp³-hybridized carbons (Fsp3) is 0.429. The van der Waals surface area contributed by atoms with Gasteiger partial charge in [0, 0.05) is 13.2 Å². The molecule has 2 rings (SSSR count). The summed E-state index contributed by atoms with van der Waals surface area (Å²) in [6.45, 7) is 0.482. The van der Waals surface area contributed by atoms with E-state index >= 15 is 0 Å². The number of imidazole rings is 1. The highest BCUT2D eigenvalue weighted by atomic mass is 35.5. The lowest BCUT2D eigenvalue weighted by molar-refractivity contribution is 0.0601. The van der Waals surface area contributed by atoms with E-state index in [1.165, 1.54) is 7.11 Å². The molecule has 0 bridgehead atoms. The molecule has 0 amide bonds. The summed E-state index contributed by atoms with van der Waals surface area (Å²) in [6, 6.07) is 5.13. The Morgan fingerprint density at radius 2 is 2.29 bits per heavy atom. The van der Waals surface area contributed by atoms with E-state index in [-0.39, 0.29) is 17.9 Å². The van der Waals surface area contributed by atoms with Gasteiger partial charge in [0.15, 0.2) is 0 Å². The van der Waals surface area contributed by atoms with E-state index in [0.717, 1.165) is 11.0 Å². The predicted molar refractivity (Wildman–Crippen MR) is 82.0 cm³/mol. The third-order valence-corrected chi connectivity index (χ3v) is 3.79. The van der Waals surface area contributed by atoms with Gasteiger partial charge in [-0.05, 0) is 24.6 Å². The smallest absolute Gasteiger partial charge is 0.337 e. The average molecular weight is 331 g/mol. The zero-order valence-electron chi connectivity index (χ0n) is 11.6. The molecule has 0 radical (unpaired) electrons.